The Balaban J connectivity index is 2.28. The molecular weight excluding hydrogens is 216 g/mol. The lowest BCUT2D eigenvalue weighted by molar-refractivity contribution is -0.132. The van der Waals surface area contributed by atoms with Gasteiger partial charge in [0, 0.05) is 12.0 Å². The summed E-state index contributed by atoms with van der Waals surface area (Å²) in [6.45, 7) is 1.66. The van der Waals surface area contributed by atoms with Crippen LogP contribution in [0.4, 0.5) is 0 Å². The van der Waals surface area contributed by atoms with Crippen molar-refractivity contribution in [1.82, 2.24) is 0 Å². The van der Waals surface area contributed by atoms with Gasteiger partial charge in [0.25, 0.3) is 0 Å². The molecule has 0 unspecified atom stereocenters. The smallest absolute Gasteiger partial charge is 0.331 e. The molecule has 17 heavy (non-hydrogen) atoms. The van der Waals surface area contributed by atoms with Crippen LogP contribution in [0.3, 0.4) is 0 Å². The molecule has 2 aliphatic rings. The number of rotatable bonds is 2. The molecule has 0 bridgehead atoms. The van der Waals surface area contributed by atoms with Crippen LogP contribution in [-0.4, -0.2) is 18.2 Å². The first-order valence-corrected chi connectivity index (χ1v) is 5.69. The van der Waals surface area contributed by atoms with Gasteiger partial charge < -0.3 is 9.84 Å². The highest BCUT2D eigenvalue weighted by atomic mass is 16.5. The number of carboxylic acids is 1. The number of aliphatic carboxylic acids is 1. The van der Waals surface area contributed by atoms with E-state index in [1.165, 1.54) is 11.1 Å². The Morgan fingerprint density at radius 3 is 2.76 bits per heavy atom. The zero-order chi connectivity index (χ0) is 12.4. The van der Waals surface area contributed by atoms with Crippen LogP contribution in [0.5, 0.6) is 0 Å². The number of methoxy groups -OCH3 is 1. The molecule has 0 amide bonds. The third-order valence-electron chi connectivity index (χ3n) is 3.33. The fourth-order valence-electron chi connectivity index (χ4n) is 2.16. The van der Waals surface area contributed by atoms with Gasteiger partial charge in [-0.05, 0) is 37.0 Å². The second-order valence-electron chi connectivity index (χ2n) is 4.34. The lowest BCUT2D eigenvalue weighted by Gasteiger charge is -2.22. The van der Waals surface area contributed by atoms with E-state index in [1.807, 2.05) is 18.2 Å². The highest BCUT2D eigenvalue weighted by molar-refractivity contribution is 5.87. The minimum absolute atomic E-state index is 0.439. The molecule has 90 valence electrons. The van der Waals surface area contributed by atoms with Crippen LogP contribution >= 0.6 is 0 Å². The van der Waals surface area contributed by atoms with Crippen molar-refractivity contribution < 1.29 is 14.6 Å². The molecule has 0 atom stereocenters. The van der Waals surface area contributed by atoms with E-state index in [0.717, 1.165) is 30.6 Å². The van der Waals surface area contributed by atoms with Crippen LogP contribution in [0.15, 0.2) is 46.3 Å². The third kappa shape index (κ3) is 2.33. The fourth-order valence-corrected chi connectivity index (χ4v) is 2.16. The predicted molar refractivity (Wildman–Crippen MR) is 65.4 cm³/mol. The van der Waals surface area contributed by atoms with Gasteiger partial charge in [-0.3, -0.25) is 0 Å². The van der Waals surface area contributed by atoms with Crippen molar-refractivity contribution in [3.63, 3.8) is 0 Å². The molecule has 1 N–H and O–H groups in total. The number of hydrogen-bond donors (Lipinski definition) is 1. The summed E-state index contributed by atoms with van der Waals surface area (Å²) < 4.78 is 5.24. The molecule has 0 fully saturated rings. The molecule has 0 aliphatic heterocycles. The average molecular weight is 232 g/mol. The van der Waals surface area contributed by atoms with Crippen molar-refractivity contribution in [2.75, 3.05) is 7.11 Å². The maximum atomic E-state index is 10.9. The van der Waals surface area contributed by atoms with E-state index in [1.54, 1.807) is 14.0 Å². The van der Waals surface area contributed by atoms with Crippen LogP contribution < -0.4 is 0 Å². The van der Waals surface area contributed by atoms with Crippen molar-refractivity contribution in [1.29, 1.82) is 0 Å². The summed E-state index contributed by atoms with van der Waals surface area (Å²) in [7, 11) is 1.68. The maximum absolute atomic E-state index is 10.9. The summed E-state index contributed by atoms with van der Waals surface area (Å²) in [5.74, 6) is 0.161. The van der Waals surface area contributed by atoms with Crippen molar-refractivity contribution >= 4 is 5.97 Å². The van der Waals surface area contributed by atoms with Crippen LogP contribution in [0.2, 0.25) is 0 Å². The molecule has 0 aromatic rings. The van der Waals surface area contributed by atoms with Gasteiger partial charge in [-0.15, -0.1) is 0 Å². The molecule has 0 heterocycles. The standard InChI is InChI=1S/C14H16O3/c1-9(14(15)16)10-3-4-12-8-13(17-2)6-5-11(12)7-10/h3-4,8H,5-7H2,1-2H3,(H,15,16)/b10-9+. The average Bonchev–Trinajstić information content (AvgIpc) is 2.36. The van der Waals surface area contributed by atoms with Gasteiger partial charge in [-0.25, -0.2) is 4.79 Å². The number of allylic oxidation sites excluding steroid dienone is 7. The summed E-state index contributed by atoms with van der Waals surface area (Å²) >= 11 is 0. The first-order valence-electron chi connectivity index (χ1n) is 5.69. The van der Waals surface area contributed by atoms with Crippen LogP contribution in [0.1, 0.15) is 26.2 Å². The van der Waals surface area contributed by atoms with Gasteiger partial charge in [-0.2, -0.15) is 0 Å². The molecule has 0 saturated carbocycles. The van der Waals surface area contributed by atoms with Gasteiger partial charge >= 0.3 is 5.97 Å². The van der Waals surface area contributed by atoms with Crippen molar-refractivity contribution in [3.05, 3.63) is 46.3 Å². The molecular formula is C14H16O3. The molecule has 0 aromatic carbocycles. The molecule has 3 heteroatoms. The largest absolute Gasteiger partial charge is 0.501 e. The lowest BCUT2D eigenvalue weighted by atomic mass is 9.85. The first-order chi connectivity index (χ1) is 8.11. The molecule has 0 spiro atoms. The zero-order valence-electron chi connectivity index (χ0n) is 10.1. The van der Waals surface area contributed by atoms with Gasteiger partial charge in [0.05, 0.1) is 12.9 Å². The Kier molecular flexibility index (Phi) is 3.18. The summed E-state index contributed by atoms with van der Waals surface area (Å²) in [5.41, 5.74) is 3.83. The minimum atomic E-state index is -0.836. The van der Waals surface area contributed by atoms with Gasteiger partial charge in [0.1, 0.15) is 0 Å². The van der Waals surface area contributed by atoms with Crippen molar-refractivity contribution in [2.45, 2.75) is 26.2 Å². The quantitative estimate of drug-likeness (QED) is 0.744. The number of carboxylic acid groups (broad SMARTS) is 1. The van der Waals surface area contributed by atoms with E-state index in [0.29, 0.717) is 5.57 Å². The van der Waals surface area contributed by atoms with E-state index in [-0.39, 0.29) is 0 Å². The Bertz CT molecular complexity index is 476. The van der Waals surface area contributed by atoms with E-state index < -0.39 is 5.97 Å². The van der Waals surface area contributed by atoms with E-state index in [9.17, 15) is 4.79 Å². The van der Waals surface area contributed by atoms with Gasteiger partial charge in [-0.1, -0.05) is 17.7 Å². The van der Waals surface area contributed by atoms with Crippen LogP contribution in [0, 0.1) is 0 Å². The molecule has 0 saturated heterocycles. The normalized spacial score (nSPS) is 21.9. The highest BCUT2D eigenvalue weighted by Crippen LogP contribution is 2.34. The second kappa shape index (κ2) is 4.62. The molecule has 3 nitrogen and oxygen atoms in total. The topological polar surface area (TPSA) is 46.5 Å². The number of hydrogen-bond acceptors (Lipinski definition) is 2. The minimum Gasteiger partial charge on any atom is -0.501 e. The van der Waals surface area contributed by atoms with Gasteiger partial charge in [0.2, 0.25) is 0 Å². The Hall–Kier alpha value is -1.77. The van der Waals surface area contributed by atoms with Crippen molar-refractivity contribution in [2.24, 2.45) is 0 Å². The molecule has 0 aromatic heterocycles. The summed E-state index contributed by atoms with van der Waals surface area (Å²) in [5, 5.41) is 8.97. The van der Waals surface area contributed by atoms with E-state index >= 15 is 0 Å². The van der Waals surface area contributed by atoms with Crippen LogP contribution in [0.25, 0.3) is 0 Å². The SMILES string of the molecule is COC1=CC2=C(CC1)C/C(=C(\C)C(=O)O)C=C2. The maximum Gasteiger partial charge on any atom is 0.331 e. The van der Waals surface area contributed by atoms with E-state index in [2.05, 4.69) is 0 Å². The predicted octanol–water partition coefficient (Wildman–Crippen LogP) is 2.97. The monoisotopic (exact) mass is 232 g/mol. The first kappa shape index (κ1) is 11.7. The lowest BCUT2D eigenvalue weighted by Crippen LogP contribution is -2.07. The zero-order valence-corrected chi connectivity index (χ0v) is 10.1. The number of carbonyl (C=O) groups is 1. The Morgan fingerprint density at radius 1 is 1.35 bits per heavy atom. The van der Waals surface area contributed by atoms with Gasteiger partial charge in [0.15, 0.2) is 0 Å². The summed E-state index contributed by atoms with van der Waals surface area (Å²) in [6.07, 6.45) is 8.54. The van der Waals surface area contributed by atoms with Crippen LogP contribution in [-0.2, 0) is 9.53 Å². The highest BCUT2D eigenvalue weighted by Gasteiger charge is 2.18. The summed E-state index contributed by atoms with van der Waals surface area (Å²) in [4.78, 5) is 10.9. The molecule has 0 radical (unpaired) electrons. The molecule has 2 rings (SSSR count). The van der Waals surface area contributed by atoms with Crippen molar-refractivity contribution in [3.8, 4) is 0 Å². The fraction of sp³-hybridized carbons (Fsp3) is 0.357. The number of ether oxygens (including phenoxy) is 1. The Morgan fingerprint density at radius 2 is 2.12 bits per heavy atom. The second-order valence-corrected chi connectivity index (χ2v) is 4.34. The Labute approximate surface area is 101 Å². The third-order valence-corrected chi connectivity index (χ3v) is 3.33. The summed E-state index contributed by atoms with van der Waals surface area (Å²) in [6, 6.07) is 0. The molecule has 2 aliphatic carbocycles. The van der Waals surface area contributed by atoms with E-state index in [4.69, 9.17) is 9.84 Å².